The Hall–Kier alpha value is -2.12. The Balaban J connectivity index is 1.61. The zero-order valence-electron chi connectivity index (χ0n) is 14.7. The molecule has 1 aromatic carbocycles. The summed E-state index contributed by atoms with van der Waals surface area (Å²) < 4.78 is 32.4. The number of sulfonamides is 1. The van der Waals surface area contributed by atoms with Crippen molar-refractivity contribution < 1.29 is 17.6 Å². The fourth-order valence-electron chi connectivity index (χ4n) is 3.80. The summed E-state index contributed by atoms with van der Waals surface area (Å²) in [6.45, 7) is 2.98. The van der Waals surface area contributed by atoms with E-state index in [1.54, 1.807) is 4.90 Å². The Morgan fingerprint density at radius 2 is 1.81 bits per heavy atom. The van der Waals surface area contributed by atoms with Crippen LogP contribution in [0.4, 0.5) is 5.69 Å². The normalized spacial score (nSPS) is 21.0. The minimum absolute atomic E-state index is 0.00662. The van der Waals surface area contributed by atoms with Gasteiger partial charge in [-0.1, -0.05) is 24.6 Å². The van der Waals surface area contributed by atoms with Crippen LogP contribution in [0.2, 0.25) is 0 Å². The van der Waals surface area contributed by atoms with E-state index in [2.05, 4.69) is 0 Å². The molecule has 1 fully saturated rings. The van der Waals surface area contributed by atoms with Crippen molar-refractivity contribution in [3.8, 4) is 0 Å². The van der Waals surface area contributed by atoms with Gasteiger partial charge in [-0.3, -0.25) is 4.79 Å². The summed E-state index contributed by atoms with van der Waals surface area (Å²) in [5.74, 6) is -0.244. The summed E-state index contributed by atoms with van der Waals surface area (Å²) in [6.07, 6.45) is 3.53. The maximum absolute atomic E-state index is 13.0. The minimum atomic E-state index is -3.68. The number of hydrogen-bond donors (Lipinski definition) is 0. The van der Waals surface area contributed by atoms with Gasteiger partial charge in [-0.2, -0.15) is 4.31 Å². The number of carbonyl (C=O) groups excluding carboxylic acids is 1. The summed E-state index contributed by atoms with van der Waals surface area (Å²) >= 11 is 0. The molecule has 138 valence electrons. The standard InChI is InChI=1S/C19H22N2O4S/c1-14-13-15-7-3-4-8-16(15)21(14)19(22)17-9-10-18(25-17)26(23,24)20-11-5-2-6-12-20/h3-4,7-10,14H,2,5-6,11-13H2,1H3. The molecule has 1 unspecified atom stereocenters. The molecule has 4 rings (SSSR count). The monoisotopic (exact) mass is 374 g/mol. The molecule has 0 aliphatic carbocycles. The van der Waals surface area contributed by atoms with Crippen LogP contribution in [0.15, 0.2) is 45.9 Å². The lowest BCUT2D eigenvalue weighted by Gasteiger charge is -2.24. The first-order valence-corrected chi connectivity index (χ1v) is 10.4. The number of nitrogens with zero attached hydrogens (tertiary/aromatic N) is 2. The largest absolute Gasteiger partial charge is 0.438 e. The van der Waals surface area contributed by atoms with Crippen LogP contribution < -0.4 is 4.90 Å². The zero-order chi connectivity index (χ0) is 18.3. The van der Waals surface area contributed by atoms with Crippen molar-refractivity contribution in [1.82, 2.24) is 4.31 Å². The highest BCUT2D eigenvalue weighted by Crippen LogP contribution is 2.33. The molecule has 2 aliphatic rings. The number of carbonyl (C=O) groups is 1. The highest BCUT2D eigenvalue weighted by Gasteiger charge is 2.34. The average molecular weight is 374 g/mol. The van der Waals surface area contributed by atoms with Gasteiger partial charge in [-0.25, -0.2) is 8.42 Å². The lowest BCUT2D eigenvalue weighted by atomic mass is 10.1. The first-order valence-electron chi connectivity index (χ1n) is 9.00. The minimum Gasteiger partial charge on any atom is -0.438 e. The lowest BCUT2D eigenvalue weighted by Crippen LogP contribution is -2.36. The average Bonchev–Trinajstić information content (AvgIpc) is 3.26. The quantitative estimate of drug-likeness (QED) is 0.828. The summed E-state index contributed by atoms with van der Waals surface area (Å²) in [6, 6.07) is 10.6. The van der Waals surface area contributed by atoms with Crippen LogP contribution in [0.1, 0.15) is 42.3 Å². The fourth-order valence-corrected chi connectivity index (χ4v) is 5.23. The van der Waals surface area contributed by atoms with E-state index in [1.165, 1.54) is 16.4 Å². The van der Waals surface area contributed by atoms with Crippen LogP contribution in [0.5, 0.6) is 0 Å². The Morgan fingerprint density at radius 1 is 1.08 bits per heavy atom. The Bertz CT molecular complexity index is 929. The van der Waals surface area contributed by atoms with Crippen molar-refractivity contribution in [1.29, 1.82) is 0 Å². The molecule has 0 saturated carbocycles. The molecule has 2 aromatic rings. The van der Waals surface area contributed by atoms with E-state index in [0.717, 1.165) is 36.9 Å². The predicted octanol–water partition coefficient (Wildman–Crippen LogP) is 3.05. The molecule has 0 radical (unpaired) electrons. The number of piperidine rings is 1. The van der Waals surface area contributed by atoms with Gasteiger partial charge < -0.3 is 9.32 Å². The highest BCUT2D eigenvalue weighted by atomic mass is 32.2. The van der Waals surface area contributed by atoms with Gasteiger partial charge in [0.15, 0.2) is 5.76 Å². The van der Waals surface area contributed by atoms with E-state index in [0.29, 0.717) is 13.1 Å². The second-order valence-corrected chi connectivity index (χ2v) is 8.81. The molecule has 1 saturated heterocycles. The van der Waals surface area contributed by atoms with Gasteiger partial charge in [0, 0.05) is 24.8 Å². The van der Waals surface area contributed by atoms with Gasteiger partial charge in [-0.05, 0) is 49.9 Å². The number of benzene rings is 1. The van der Waals surface area contributed by atoms with Crippen LogP contribution in [-0.4, -0.2) is 37.8 Å². The van der Waals surface area contributed by atoms with Crippen LogP contribution >= 0.6 is 0 Å². The Kier molecular flexibility index (Phi) is 4.36. The molecule has 26 heavy (non-hydrogen) atoms. The van der Waals surface area contributed by atoms with Gasteiger partial charge in [-0.15, -0.1) is 0 Å². The molecule has 1 atom stereocenters. The summed E-state index contributed by atoms with van der Waals surface area (Å²) in [5.41, 5.74) is 1.97. The van der Waals surface area contributed by atoms with Gasteiger partial charge in [0.05, 0.1) is 0 Å². The van der Waals surface area contributed by atoms with E-state index >= 15 is 0 Å². The summed E-state index contributed by atoms with van der Waals surface area (Å²) in [5, 5.41) is -0.150. The van der Waals surface area contributed by atoms with E-state index in [1.807, 2.05) is 31.2 Å². The van der Waals surface area contributed by atoms with Crippen molar-refractivity contribution in [2.24, 2.45) is 0 Å². The van der Waals surface area contributed by atoms with Crippen LogP contribution in [-0.2, 0) is 16.4 Å². The highest BCUT2D eigenvalue weighted by molar-refractivity contribution is 7.89. The Morgan fingerprint density at radius 3 is 2.58 bits per heavy atom. The topological polar surface area (TPSA) is 70.8 Å². The third-order valence-electron chi connectivity index (χ3n) is 5.13. The number of anilines is 1. The summed E-state index contributed by atoms with van der Waals surface area (Å²) in [7, 11) is -3.68. The van der Waals surface area contributed by atoms with Crippen molar-refractivity contribution in [2.45, 2.75) is 43.7 Å². The van der Waals surface area contributed by atoms with Crippen molar-refractivity contribution >= 4 is 21.6 Å². The van der Waals surface area contributed by atoms with Crippen molar-refractivity contribution in [2.75, 3.05) is 18.0 Å². The second-order valence-electron chi connectivity index (χ2n) is 6.94. The van der Waals surface area contributed by atoms with Gasteiger partial charge in [0.2, 0.25) is 5.09 Å². The SMILES string of the molecule is CC1Cc2ccccc2N1C(=O)c1ccc(S(=O)(=O)N2CCCCC2)o1. The van der Waals surface area contributed by atoms with Crippen molar-refractivity contribution in [3.05, 3.63) is 47.7 Å². The molecule has 7 heteroatoms. The van der Waals surface area contributed by atoms with E-state index in [-0.39, 0.29) is 22.8 Å². The number of fused-ring (bicyclic) bond motifs is 1. The third kappa shape index (κ3) is 2.85. The molecular weight excluding hydrogens is 352 g/mol. The molecule has 0 spiro atoms. The lowest BCUT2D eigenvalue weighted by molar-refractivity contribution is 0.0949. The molecule has 6 nitrogen and oxygen atoms in total. The first-order chi connectivity index (χ1) is 12.5. The van der Waals surface area contributed by atoms with Crippen molar-refractivity contribution in [3.63, 3.8) is 0 Å². The van der Waals surface area contributed by atoms with Gasteiger partial charge in [0.1, 0.15) is 0 Å². The molecule has 1 aromatic heterocycles. The van der Waals surface area contributed by atoms with Gasteiger partial charge >= 0.3 is 0 Å². The smallest absolute Gasteiger partial charge is 0.294 e. The molecule has 3 heterocycles. The molecule has 1 amide bonds. The maximum atomic E-state index is 13.0. The third-order valence-corrected chi connectivity index (χ3v) is 6.90. The number of amides is 1. The van der Waals surface area contributed by atoms with Crippen LogP contribution in [0.3, 0.4) is 0 Å². The van der Waals surface area contributed by atoms with Crippen LogP contribution in [0, 0.1) is 0 Å². The maximum Gasteiger partial charge on any atom is 0.294 e. The Labute approximate surface area is 153 Å². The summed E-state index contributed by atoms with van der Waals surface area (Å²) in [4.78, 5) is 14.6. The van der Waals surface area contributed by atoms with E-state index < -0.39 is 10.0 Å². The number of para-hydroxylation sites is 1. The number of furan rings is 1. The molecule has 0 bridgehead atoms. The molecular formula is C19H22N2O4S. The van der Waals surface area contributed by atoms with E-state index in [9.17, 15) is 13.2 Å². The van der Waals surface area contributed by atoms with Gasteiger partial charge in [0.25, 0.3) is 15.9 Å². The number of hydrogen-bond acceptors (Lipinski definition) is 4. The first kappa shape index (κ1) is 17.3. The predicted molar refractivity (Wildman–Crippen MR) is 97.7 cm³/mol. The fraction of sp³-hybridized carbons (Fsp3) is 0.421. The zero-order valence-corrected chi connectivity index (χ0v) is 15.5. The number of rotatable bonds is 3. The van der Waals surface area contributed by atoms with Crippen LogP contribution in [0.25, 0.3) is 0 Å². The molecule has 2 aliphatic heterocycles. The molecule has 0 N–H and O–H groups in total. The second kappa shape index (κ2) is 6.55. The van der Waals surface area contributed by atoms with E-state index in [4.69, 9.17) is 4.42 Å².